The Morgan fingerprint density at radius 2 is 1.69 bits per heavy atom. The molecule has 0 atom stereocenters. The van der Waals surface area contributed by atoms with Gasteiger partial charge in [-0.1, -0.05) is 63.4 Å². The molecule has 0 saturated carbocycles. The second-order valence-electron chi connectivity index (χ2n) is 5.43. The molecule has 136 valence electrons. The van der Waals surface area contributed by atoms with Gasteiger partial charge in [0.15, 0.2) is 0 Å². The van der Waals surface area contributed by atoms with Crippen molar-refractivity contribution >= 4 is 49.2 Å². The van der Waals surface area contributed by atoms with Gasteiger partial charge in [-0.15, -0.1) is 0 Å². The number of hydrogen-bond donors (Lipinski definition) is 1. The third-order valence-corrected chi connectivity index (χ3v) is 6.31. The minimum Gasteiger partial charge on any atom is -0.249 e. The van der Waals surface area contributed by atoms with Gasteiger partial charge in [0.25, 0.3) is 0 Å². The van der Waals surface area contributed by atoms with Gasteiger partial charge in [-0.05, 0) is 23.3 Å². The number of nitrogens with zero attached hydrogens (tertiary/aromatic N) is 3. The van der Waals surface area contributed by atoms with Crippen LogP contribution in [-0.2, 0) is 23.1 Å². The Bertz CT molecular complexity index is 986. The quantitative estimate of drug-likeness (QED) is 0.586. The molecule has 0 aliphatic carbocycles. The maximum Gasteiger partial charge on any atom is 0.243 e. The van der Waals surface area contributed by atoms with Crippen LogP contribution in [0.2, 0.25) is 10.0 Å². The first kappa shape index (κ1) is 19.3. The van der Waals surface area contributed by atoms with Crippen molar-refractivity contribution in [2.75, 3.05) is 0 Å². The number of aromatic nitrogens is 3. The topological polar surface area (TPSA) is 76.9 Å². The molecule has 0 bridgehead atoms. The fourth-order valence-corrected chi connectivity index (χ4v) is 5.25. The molecule has 0 aliphatic rings. The van der Waals surface area contributed by atoms with Crippen LogP contribution in [-0.4, -0.2) is 23.2 Å². The molecule has 6 nitrogen and oxygen atoms in total. The first-order valence-electron chi connectivity index (χ1n) is 7.39. The molecule has 0 fully saturated rings. The van der Waals surface area contributed by atoms with Crippen LogP contribution >= 0.6 is 39.1 Å². The second-order valence-corrected chi connectivity index (χ2v) is 8.87. The SMILES string of the molecule is O=S(=O)(NCc1ccc(Cn2cncn2)cc1)c1c(Cl)cc(Br)cc1Cl. The van der Waals surface area contributed by atoms with Gasteiger partial charge in [0.1, 0.15) is 17.6 Å². The molecule has 2 aromatic carbocycles. The highest BCUT2D eigenvalue weighted by Crippen LogP contribution is 2.32. The standard InChI is InChI=1S/C16H13BrCl2N4O2S/c17-13-5-14(18)16(15(19)6-13)26(24,25)22-7-11-1-3-12(4-2-11)8-23-10-20-9-21-23/h1-6,9-10,22H,7-8H2. The Hall–Kier alpha value is -1.45. The van der Waals surface area contributed by atoms with Crippen LogP contribution in [0, 0.1) is 0 Å². The summed E-state index contributed by atoms with van der Waals surface area (Å²) in [7, 11) is -3.84. The van der Waals surface area contributed by atoms with Crippen LogP contribution in [0.5, 0.6) is 0 Å². The zero-order valence-electron chi connectivity index (χ0n) is 13.2. The monoisotopic (exact) mass is 474 g/mol. The summed E-state index contributed by atoms with van der Waals surface area (Å²) in [6.45, 7) is 0.713. The van der Waals surface area contributed by atoms with Crippen LogP contribution < -0.4 is 4.72 Å². The molecular formula is C16H13BrCl2N4O2S. The maximum atomic E-state index is 12.5. The summed E-state index contributed by atoms with van der Waals surface area (Å²) in [5.74, 6) is 0. The molecule has 0 aliphatic heterocycles. The first-order valence-corrected chi connectivity index (χ1v) is 10.4. The van der Waals surface area contributed by atoms with E-state index >= 15 is 0 Å². The minimum absolute atomic E-state index is 0.0556. The van der Waals surface area contributed by atoms with Gasteiger partial charge in [0, 0.05) is 11.0 Å². The highest BCUT2D eigenvalue weighted by molar-refractivity contribution is 9.10. The fraction of sp³-hybridized carbons (Fsp3) is 0.125. The normalized spacial score (nSPS) is 11.7. The van der Waals surface area contributed by atoms with Crippen molar-refractivity contribution in [1.29, 1.82) is 0 Å². The number of halogens is 3. The maximum absolute atomic E-state index is 12.5. The molecule has 3 aromatic rings. The highest BCUT2D eigenvalue weighted by atomic mass is 79.9. The predicted octanol–water partition coefficient (Wildman–Crippen LogP) is 3.87. The van der Waals surface area contributed by atoms with E-state index in [9.17, 15) is 8.42 Å². The van der Waals surface area contributed by atoms with Gasteiger partial charge in [0.2, 0.25) is 10.0 Å². The molecule has 0 spiro atoms. The Morgan fingerprint density at radius 3 is 2.27 bits per heavy atom. The number of rotatable bonds is 6. The summed E-state index contributed by atoms with van der Waals surface area (Å²) in [5.41, 5.74) is 1.83. The van der Waals surface area contributed by atoms with Crippen molar-refractivity contribution in [3.05, 3.63) is 74.7 Å². The first-order chi connectivity index (χ1) is 12.3. The van der Waals surface area contributed by atoms with Crippen LogP contribution in [0.4, 0.5) is 0 Å². The number of nitrogens with one attached hydrogen (secondary N) is 1. The van der Waals surface area contributed by atoms with Crippen molar-refractivity contribution < 1.29 is 8.42 Å². The number of hydrogen-bond acceptors (Lipinski definition) is 4. The fourth-order valence-electron chi connectivity index (χ4n) is 2.30. The third kappa shape index (κ3) is 4.63. The minimum atomic E-state index is -3.84. The van der Waals surface area contributed by atoms with Crippen LogP contribution in [0.25, 0.3) is 0 Å². The van der Waals surface area contributed by atoms with Crippen molar-refractivity contribution in [1.82, 2.24) is 19.5 Å². The van der Waals surface area contributed by atoms with Gasteiger partial charge in [0.05, 0.1) is 16.6 Å². The molecule has 26 heavy (non-hydrogen) atoms. The van der Waals surface area contributed by atoms with Crippen molar-refractivity contribution in [2.24, 2.45) is 0 Å². The molecule has 10 heteroatoms. The molecule has 0 unspecified atom stereocenters. The molecule has 3 rings (SSSR count). The largest absolute Gasteiger partial charge is 0.249 e. The Labute approximate surface area is 169 Å². The molecule has 1 aromatic heterocycles. The number of sulfonamides is 1. The Kier molecular flexibility index (Phi) is 5.99. The van der Waals surface area contributed by atoms with Crippen LogP contribution in [0.15, 0.2) is 58.4 Å². The summed E-state index contributed by atoms with van der Waals surface area (Å²) in [5, 5.41) is 4.16. The van der Waals surface area contributed by atoms with Crippen LogP contribution in [0.3, 0.4) is 0 Å². The van der Waals surface area contributed by atoms with E-state index in [1.54, 1.807) is 11.0 Å². The zero-order valence-corrected chi connectivity index (χ0v) is 17.1. The predicted molar refractivity (Wildman–Crippen MR) is 104 cm³/mol. The molecule has 0 amide bonds. The van der Waals surface area contributed by atoms with E-state index < -0.39 is 10.0 Å². The van der Waals surface area contributed by atoms with Crippen molar-refractivity contribution in [3.63, 3.8) is 0 Å². The van der Waals surface area contributed by atoms with Gasteiger partial charge in [-0.2, -0.15) is 5.10 Å². The lowest BCUT2D eigenvalue weighted by molar-refractivity contribution is 0.581. The van der Waals surface area contributed by atoms with Gasteiger partial charge >= 0.3 is 0 Å². The molecule has 0 radical (unpaired) electrons. The summed E-state index contributed by atoms with van der Waals surface area (Å²) in [6, 6.07) is 10.5. The lowest BCUT2D eigenvalue weighted by Gasteiger charge is -2.11. The Balaban J connectivity index is 1.70. The van der Waals surface area contributed by atoms with E-state index in [1.807, 2.05) is 24.3 Å². The van der Waals surface area contributed by atoms with E-state index in [4.69, 9.17) is 23.2 Å². The second kappa shape index (κ2) is 8.06. The van der Waals surface area contributed by atoms with E-state index in [0.717, 1.165) is 11.1 Å². The van der Waals surface area contributed by atoms with Crippen LogP contribution in [0.1, 0.15) is 11.1 Å². The molecule has 0 saturated heterocycles. The zero-order chi connectivity index (χ0) is 18.7. The summed E-state index contributed by atoms with van der Waals surface area (Å²) in [4.78, 5) is 3.76. The lowest BCUT2D eigenvalue weighted by Crippen LogP contribution is -2.24. The van der Waals surface area contributed by atoms with E-state index in [0.29, 0.717) is 11.0 Å². The molecule has 1 N–H and O–H groups in total. The van der Waals surface area contributed by atoms with Crippen molar-refractivity contribution in [2.45, 2.75) is 18.0 Å². The smallest absolute Gasteiger partial charge is 0.243 e. The van der Waals surface area contributed by atoms with E-state index in [1.165, 1.54) is 18.5 Å². The van der Waals surface area contributed by atoms with Gasteiger partial charge < -0.3 is 0 Å². The summed E-state index contributed by atoms with van der Waals surface area (Å²) in [6.07, 6.45) is 3.11. The Morgan fingerprint density at radius 1 is 1.08 bits per heavy atom. The van der Waals surface area contributed by atoms with Crippen molar-refractivity contribution in [3.8, 4) is 0 Å². The molecule has 1 heterocycles. The van der Waals surface area contributed by atoms with Gasteiger partial charge in [-0.25, -0.2) is 22.8 Å². The average Bonchev–Trinajstić information content (AvgIpc) is 3.06. The summed E-state index contributed by atoms with van der Waals surface area (Å²) >= 11 is 15.3. The number of benzene rings is 2. The summed E-state index contributed by atoms with van der Waals surface area (Å²) < 4.78 is 29.9. The van der Waals surface area contributed by atoms with E-state index in [2.05, 4.69) is 30.7 Å². The highest BCUT2D eigenvalue weighted by Gasteiger charge is 2.22. The van der Waals surface area contributed by atoms with Gasteiger partial charge in [-0.3, -0.25) is 0 Å². The molecular weight excluding hydrogens is 463 g/mol. The average molecular weight is 476 g/mol. The van der Waals surface area contributed by atoms with E-state index in [-0.39, 0.29) is 21.5 Å². The third-order valence-electron chi connectivity index (χ3n) is 3.53. The lowest BCUT2D eigenvalue weighted by atomic mass is 10.1.